The molecule has 128 valence electrons. The number of hydrogen-bond donors (Lipinski definition) is 3. The first kappa shape index (κ1) is 16.2. The van der Waals surface area contributed by atoms with Crippen LogP contribution in [0.1, 0.15) is 39.0 Å². The van der Waals surface area contributed by atoms with Gasteiger partial charge in [0.1, 0.15) is 5.54 Å². The maximum absolute atomic E-state index is 12.1. The summed E-state index contributed by atoms with van der Waals surface area (Å²) in [6.07, 6.45) is 5.53. The number of amides is 4. The van der Waals surface area contributed by atoms with E-state index in [2.05, 4.69) is 20.9 Å². The van der Waals surface area contributed by atoms with Gasteiger partial charge >= 0.3 is 6.03 Å². The average molecular weight is 322 g/mol. The molecule has 4 amide bonds. The Kier molecular flexibility index (Phi) is 4.57. The molecule has 1 saturated carbocycles. The molecule has 0 unspecified atom stereocenters. The molecule has 23 heavy (non-hydrogen) atoms. The minimum atomic E-state index is -0.863. The van der Waals surface area contributed by atoms with Gasteiger partial charge in [-0.1, -0.05) is 6.42 Å². The Morgan fingerprint density at radius 3 is 2.70 bits per heavy atom. The Morgan fingerprint density at radius 1 is 1.30 bits per heavy atom. The fourth-order valence-corrected chi connectivity index (χ4v) is 3.73. The number of hydrogen-bond acceptors (Lipinski definition) is 4. The number of rotatable bonds is 5. The van der Waals surface area contributed by atoms with Crippen LogP contribution >= 0.6 is 0 Å². The van der Waals surface area contributed by atoms with Crippen LogP contribution in [-0.2, 0) is 9.59 Å². The van der Waals surface area contributed by atoms with E-state index in [1.807, 2.05) is 0 Å². The third kappa shape index (κ3) is 3.49. The second-order valence-corrected chi connectivity index (χ2v) is 7.29. The van der Waals surface area contributed by atoms with E-state index >= 15 is 0 Å². The first-order chi connectivity index (χ1) is 11.0. The lowest BCUT2D eigenvalue weighted by Crippen LogP contribution is -2.56. The largest absolute Gasteiger partial charge is 0.355 e. The molecule has 1 aliphatic carbocycles. The second-order valence-electron chi connectivity index (χ2n) is 7.29. The zero-order valence-corrected chi connectivity index (χ0v) is 13.7. The molecule has 0 aromatic carbocycles. The minimum absolute atomic E-state index is 0.0298. The van der Waals surface area contributed by atoms with Crippen LogP contribution in [0.15, 0.2) is 0 Å². The van der Waals surface area contributed by atoms with Gasteiger partial charge in [-0.3, -0.25) is 19.8 Å². The molecule has 2 heterocycles. The maximum Gasteiger partial charge on any atom is 0.322 e. The van der Waals surface area contributed by atoms with E-state index in [9.17, 15) is 14.4 Å². The van der Waals surface area contributed by atoms with Gasteiger partial charge < -0.3 is 10.6 Å². The van der Waals surface area contributed by atoms with E-state index in [0.29, 0.717) is 19.0 Å². The SMILES string of the molecule is C[C@@]1([C@@H]2CCCN(CC(=O)NCC3CCC3)C2)NC(=O)NC1=O. The lowest BCUT2D eigenvalue weighted by molar-refractivity contribution is -0.126. The number of nitrogens with zero attached hydrogens (tertiary/aromatic N) is 1. The zero-order valence-electron chi connectivity index (χ0n) is 13.7. The van der Waals surface area contributed by atoms with E-state index in [1.54, 1.807) is 6.92 Å². The molecule has 0 spiro atoms. The molecule has 7 heteroatoms. The number of piperidine rings is 1. The molecule has 0 aromatic rings. The maximum atomic E-state index is 12.1. The van der Waals surface area contributed by atoms with Crippen molar-refractivity contribution in [3.63, 3.8) is 0 Å². The Bertz CT molecular complexity index is 506. The summed E-state index contributed by atoms with van der Waals surface area (Å²) < 4.78 is 0. The fourth-order valence-electron chi connectivity index (χ4n) is 3.73. The molecule has 3 aliphatic rings. The van der Waals surface area contributed by atoms with Gasteiger partial charge in [-0.2, -0.15) is 0 Å². The summed E-state index contributed by atoms with van der Waals surface area (Å²) in [4.78, 5) is 37.7. The first-order valence-corrected chi connectivity index (χ1v) is 8.60. The second kappa shape index (κ2) is 6.47. The Morgan fingerprint density at radius 2 is 2.09 bits per heavy atom. The predicted molar refractivity (Wildman–Crippen MR) is 84.6 cm³/mol. The molecular formula is C16H26N4O3. The molecule has 3 rings (SSSR count). The number of carbonyl (C=O) groups excluding carboxylic acids is 3. The normalized spacial score (nSPS) is 32.1. The molecule has 3 fully saturated rings. The highest BCUT2D eigenvalue weighted by molar-refractivity contribution is 6.07. The molecular weight excluding hydrogens is 296 g/mol. The van der Waals surface area contributed by atoms with Crippen molar-refractivity contribution in [2.24, 2.45) is 11.8 Å². The van der Waals surface area contributed by atoms with E-state index in [4.69, 9.17) is 0 Å². The van der Waals surface area contributed by atoms with E-state index in [1.165, 1.54) is 19.3 Å². The van der Waals surface area contributed by atoms with Gasteiger partial charge in [-0.05, 0) is 45.1 Å². The van der Waals surface area contributed by atoms with Crippen molar-refractivity contribution in [3.05, 3.63) is 0 Å². The van der Waals surface area contributed by atoms with Gasteiger partial charge in [0, 0.05) is 19.0 Å². The number of nitrogens with one attached hydrogen (secondary N) is 3. The van der Waals surface area contributed by atoms with Crippen molar-refractivity contribution in [2.75, 3.05) is 26.2 Å². The van der Waals surface area contributed by atoms with Gasteiger partial charge in [0.05, 0.1) is 6.54 Å². The Balaban J connectivity index is 1.50. The van der Waals surface area contributed by atoms with Crippen LogP contribution < -0.4 is 16.0 Å². The smallest absolute Gasteiger partial charge is 0.322 e. The standard InChI is InChI=1S/C16H26N4O3/c1-16(14(22)18-15(23)19-16)12-6-3-7-20(9-12)10-13(21)17-8-11-4-2-5-11/h11-12H,2-10H2,1H3,(H,17,21)(H2,18,19,22,23)/t12-,16+/m1/s1. The summed E-state index contributed by atoms with van der Waals surface area (Å²) in [7, 11) is 0. The predicted octanol–water partition coefficient (Wildman–Crippen LogP) is 0.213. The van der Waals surface area contributed by atoms with Crippen molar-refractivity contribution in [3.8, 4) is 0 Å². The topological polar surface area (TPSA) is 90.5 Å². The van der Waals surface area contributed by atoms with Crippen LogP contribution in [-0.4, -0.2) is 54.5 Å². The average Bonchev–Trinajstić information content (AvgIpc) is 2.71. The number of carbonyl (C=O) groups is 3. The van der Waals surface area contributed by atoms with Crippen molar-refractivity contribution in [1.82, 2.24) is 20.9 Å². The third-order valence-corrected chi connectivity index (χ3v) is 5.57. The molecule has 3 N–H and O–H groups in total. The summed E-state index contributed by atoms with van der Waals surface area (Å²) >= 11 is 0. The fraction of sp³-hybridized carbons (Fsp3) is 0.812. The molecule has 0 aromatic heterocycles. The minimum Gasteiger partial charge on any atom is -0.355 e. The van der Waals surface area contributed by atoms with Crippen molar-refractivity contribution >= 4 is 17.8 Å². The summed E-state index contributed by atoms with van der Waals surface area (Å²) in [6, 6.07) is -0.423. The van der Waals surface area contributed by atoms with Crippen LogP contribution in [0, 0.1) is 11.8 Å². The highest BCUT2D eigenvalue weighted by atomic mass is 16.2. The van der Waals surface area contributed by atoms with Gasteiger partial charge in [-0.15, -0.1) is 0 Å². The number of imide groups is 1. The van der Waals surface area contributed by atoms with Crippen LogP contribution in [0.4, 0.5) is 4.79 Å². The van der Waals surface area contributed by atoms with Gasteiger partial charge in [0.25, 0.3) is 5.91 Å². The highest BCUT2D eigenvalue weighted by Crippen LogP contribution is 2.29. The third-order valence-electron chi connectivity index (χ3n) is 5.57. The van der Waals surface area contributed by atoms with E-state index in [0.717, 1.165) is 25.9 Å². The van der Waals surface area contributed by atoms with Gasteiger partial charge in [0.15, 0.2) is 0 Å². The quantitative estimate of drug-likeness (QED) is 0.631. The van der Waals surface area contributed by atoms with Crippen molar-refractivity contribution in [1.29, 1.82) is 0 Å². The number of likely N-dealkylation sites (tertiary alicyclic amines) is 1. The highest BCUT2D eigenvalue weighted by Gasteiger charge is 2.48. The molecule has 7 nitrogen and oxygen atoms in total. The molecule has 0 radical (unpaired) electrons. The number of urea groups is 1. The van der Waals surface area contributed by atoms with Crippen LogP contribution in [0.25, 0.3) is 0 Å². The summed E-state index contributed by atoms with van der Waals surface area (Å²) in [6.45, 7) is 4.44. The molecule has 2 atom stereocenters. The monoisotopic (exact) mass is 322 g/mol. The van der Waals surface area contributed by atoms with Gasteiger partial charge in [0.2, 0.25) is 5.91 Å². The molecule has 0 bridgehead atoms. The summed E-state index contributed by atoms with van der Waals surface area (Å²) in [5.41, 5.74) is -0.863. The Labute approximate surface area is 136 Å². The molecule has 2 saturated heterocycles. The summed E-state index contributed by atoms with van der Waals surface area (Å²) in [5.74, 6) is 0.484. The van der Waals surface area contributed by atoms with Crippen LogP contribution in [0.5, 0.6) is 0 Å². The van der Waals surface area contributed by atoms with Crippen molar-refractivity contribution in [2.45, 2.75) is 44.6 Å². The summed E-state index contributed by atoms with van der Waals surface area (Å²) in [5, 5.41) is 8.08. The molecule has 2 aliphatic heterocycles. The first-order valence-electron chi connectivity index (χ1n) is 8.60. The van der Waals surface area contributed by atoms with Crippen LogP contribution in [0.2, 0.25) is 0 Å². The van der Waals surface area contributed by atoms with Gasteiger partial charge in [-0.25, -0.2) is 4.79 Å². The lowest BCUT2D eigenvalue weighted by atomic mass is 9.80. The van der Waals surface area contributed by atoms with E-state index in [-0.39, 0.29) is 17.7 Å². The lowest BCUT2D eigenvalue weighted by Gasteiger charge is -2.39. The Hall–Kier alpha value is -1.63. The van der Waals surface area contributed by atoms with E-state index < -0.39 is 11.6 Å². The van der Waals surface area contributed by atoms with Crippen molar-refractivity contribution < 1.29 is 14.4 Å². The van der Waals surface area contributed by atoms with Crippen LogP contribution in [0.3, 0.4) is 0 Å². The zero-order chi connectivity index (χ0) is 16.4.